The van der Waals surface area contributed by atoms with Gasteiger partial charge in [-0.25, -0.2) is 15.0 Å². The number of nitrogens with one attached hydrogen (secondary N) is 1. The molecular formula is C17H20N6O2S. The molecule has 1 amide bonds. The molecule has 0 radical (unpaired) electrons. The highest BCUT2D eigenvalue weighted by Gasteiger charge is 2.21. The van der Waals surface area contributed by atoms with Crippen LogP contribution in [-0.4, -0.2) is 51.0 Å². The van der Waals surface area contributed by atoms with E-state index in [2.05, 4.69) is 25.2 Å². The quantitative estimate of drug-likeness (QED) is 0.709. The van der Waals surface area contributed by atoms with Gasteiger partial charge in [0, 0.05) is 11.4 Å². The van der Waals surface area contributed by atoms with E-state index in [1.807, 2.05) is 21.0 Å². The number of aryl methyl sites for hydroxylation is 2. The largest absolute Gasteiger partial charge is 0.319 e. The van der Waals surface area contributed by atoms with Crippen molar-refractivity contribution in [2.75, 3.05) is 26.0 Å². The third kappa shape index (κ3) is 3.78. The van der Waals surface area contributed by atoms with Gasteiger partial charge < -0.3 is 10.2 Å². The highest BCUT2D eigenvalue weighted by molar-refractivity contribution is 7.19. The van der Waals surface area contributed by atoms with Gasteiger partial charge in [-0.1, -0.05) is 0 Å². The molecule has 9 heteroatoms. The standard InChI is InChI=1S/C17H20N6O2S/c1-11-13(15(24)21-12-7-18-9-19-8-12)14-16(26-11)20-10-23(17(14)25)6-4-5-22(2)3/h7-10H,4-6H2,1-3H3,(H,21,24). The maximum Gasteiger partial charge on any atom is 0.262 e. The van der Waals surface area contributed by atoms with Crippen molar-refractivity contribution >= 4 is 33.1 Å². The summed E-state index contributed by atoms with van der Waals surface area (Å²) in [6.45, 7) is 3.25. The Hall–Kier alpha value is -2.65. The molecule has 0 bridgehead atoms. The van der Waals surface area contributed by atoms with Crippen molar-refractivity contribution < 1.29 is 4.79 Å². The van der Waals surface area contributed by atoms with Crippen molar-refractivity contribution in [3.8, 4) is 0 Å². The van der Waals surface area contributed by atoms with E-state index < -0.39 is 0 Å². The van der Waals surface area contributed by atoms with Crippen LogP contribution < -0.4 is 10.9 Å². The molecule has 3 rings (SSSR count). The van der Waals surface area contributed by atoms with Crippen LogP contribution in [0, 0.1) is 6.92 Å². The van der Waals surface area contributed by atoms with E-state index in [1.54, 1.807) is 10.9 Å². The van der Waals surface area contributed by atoms with Crippen LogP contribution in [0.4, 0.5) is 5.69 Å². The van der Waals surface area contributed by atoms with Crippen LogP contribution in [0.15, 0.2) is 29.8 Å². The van der Waals surface area contributed by atoms with E-state index in [4.69, 9.17) is 0 Å². The number of thiophene rings is 1. The Balaban J connectivity index is 1.95. The Labute approximate surface area is 154 Å². The topological polar surface area (TPSA) is 93.0 Å². The number of carbonyl (C=O) groups excluding carboxylic acids is 1. The monoisotopic (exact) mass is 372 g/mol. The molecular weight excluding hydrogens is 352 g/mol. The third-order valence-electron chi connectivity index (χ3n) is 3.90. The number of anilines is 1. The van der Waals surface area contributed by atoms with E-state index >= 15 is 0 Å². The predicted molar refractivity (Wildman–Crippen MR) is 102 cm³/mol. The average Bonchev–Trinajstić information content (AvgIpc) is 2.94. The van der Waals surface area contributed by atoms with Crippen LogP contribution in [-0.2, 0) is 6.54 Å². The summed E-state index contributed by atoms with van der Waals surface area (Å²) in [7, 11) is 3.98. The van der Waals surface area contributed by atoms with Crippen molar-refractivity contribution in [2.45, 2.75) is 19.9 Å². The zero-order valence-electron chi connectivity index (χ0n) is 14.9. The van der Waals surface area contributed by atoms with Crippen LogP contribution in [0.3, 0.4) is 0 Å². The lowest BCUT2D eigenvalue weighted by atomic mass is 10.1. The van der Waals surface area contributed by atoms with Crippen molar-refractivity contribution in [1.82, 2.24) is 24.4 Å². The number of rotatable bonds is 6. The molecule has 0 saturated carbocycles. The molecule has 0 atom stereocenters. The van der Waals surface area contributed by atoms with Crippen molar-refractivity contribution in [3.63, 3.8) is 0 Å². The summed E-state index contributed by atoms with van der Waals surface area (Å²) < 4.78 is 1.57. The van der Waals surface area contributed by atoms with E-state index in [-0.39, 0.29) is 11.5 Å². The van der Waals surface area contributed by atoms with Gasteiger partial charge in [0.25, 0.3) is 11.5 Å². The van der Waals surface area contributed by atoms with Gasteiger partial charge in [0.1, 0.15) is 11.2 Å². The first-order valence-electron chi connectivity index (χ1n) is 8.17. The van der Waals surface area contributed by atoms with Crippen molar-refractivity contribution in [3.05, 3.63) is 45.8 Å². The highest BCUT2D eigenvalue weighted by atomic mass is 32.1. The van der Waals surface area contributed by atoms with Gasteiger partial charge in [0.2, 0.25) is 0 Å². The number of nitrogens with zero attached hydrogens (tertiary/aromatic N) is 5. The molecule has 0 aromatic carbocycles. The average molecular weight is 372 g/mol. The van der Waals surface area contributed by atoms with Crippen LogP contribution in [0.2, 0.25) is 0 Å². The van der Waals surface area contributed by atoms with Crippen molar-refractivity contribution in [1.29, 1.82) is 0 Å². The van der Waals surface area contributed by atoms with E-state index in [0.717, 1.165) is 17.8 Å². The van der Waals surface area contributed by atoms with Crippen LogP contribution in [0.25, 0.3) is 10.2 Å². The number of hydrogen-bond acceptors (Lipinski definition) is 7. The number of aromatic nitrogens is 4. The summed E-state index contributed by atoms with van der Waals surface area (Å²) in [4.78, 5) is 41.2. The molecule has 0 aliphatic heterocycles. The van der Waals surface area contributed by atoms with E-state index in [0.29, 0.717) is 28.0 Å². The maximum atomic E-state index is 12.9. The van der Waals surface area contributed by atoms with Crippen LogP contribution >= 0.6 is 11.3 Å². The second-order valence-corrected chi connectivity index (χ2v) is 7.40. The summed E-state index contributed by atoms with van der Waals surface area (Å²) in [6.07, 6.45) is 6.78. The lowest BCUT2D eigenvalue weighted by Crippen LogP contribution is -2.24. The number of carbonyl (C=O) groups is 1. The molecule has 8 nitrogen and oxygen atoms in total. The smallest absolute Gasteiger partial charge is 0.262 e. The summed E-state index contributed by atoms with van der Waals surface area (Å²) in [5.41, 5.74) is 0.660. The van der Waals surface area contributed by atoms with Crippen LogP contribution in [0.5, 0.6) is 0 Å². The van der Waals surface area contributed by atoms with E-state index in [9.17, 15) is 9.59 Å². The normalized spacial score (nSPS) is 11.2. The molecule has 0 aliphatic carbocycles. The Morgan fingerprint density at radius 1 is 1.31 bits per heavy atom. The first-order valence-corrected chi connectivity index (χ1v) is 8.98. The molecule has 1 N–H and O–H groups in total. The van der Waals surface area contributed by atoms with Gasteiger partial charge in [0.05, 0.1) is 35.4 Å². The zero-order valence-corrected chi connectivity index (χ0v) is 15.7. The van der Waals surface area contributed by atoms with E-state index in [1.165, 1.54) is 30.1 Å². The molecule has 26 heavy (non-hydrogen) atoms. The summed E-state index contributed by atoms with van der Waals surface area (Å²) in [5.74, 6) is -0.353. The Kier molecular flexibility index (Phi) is 5.38. The SMILES string of the molecule is Cc1sc2ncn(CCCN(C)C)c(=O)c2c1C(=O)Nc1cncnc1. The molecule has 0 fully saturated rings. The zero-order chi connectivity index (χ0) is 18.7. The van der Waals surface area contributed by atoms with Gasteiger partial charge in [-0.3, -0.25) is 14.2 Å². The first-order chi connectivity index (χ1) is 12.5. The molecule has 0 unspecified atom stereocenters. The minimum atomic E-state index is -0.353. The highest BCUT2D eigenvalue weighted by Crippen LogP contribution is 2.27. The number of amides is 1. The molecule has 3 aromatic rings. The molecule has 0 saturated heterocycles. The molecule has 3 heterocycles. The molecule has 0 aliphatic rings. The molecule has 136 valence electrons. The fourth-order valence-corrected chi connectivity index (χ4v) is 3.66. The van der Waals surface area contributed by atoms with Crippen LogP contribution in [0.1, 0.15) is 21.7 Å². The Bertz CT molecular complexity index is 980. The second-order valence-electron chi connectivity index (χ2n) is 6.19. The fourth-order valence-electron chi connectivity index (χ4n) is 2.68. The summed E-state index contributed by atoms with van der Waals surface area (Å²) in [6, 6.07) is 0. The van der Waals surface area contributed by atoms with Crippen molar-refractivity contribution in [2.24, 2.45) is 0 Å². The first kappa shape index (κ1) is 18.2. The molecule has 3 aromatic heterocycles. The Morgan fingerprint density at radius 3 is 2.73 bits per heavy atom. The fraction of sp³-hybridized carbons (Fsp3) is 0.353. The second kappa shape index (κ2) is 7.71. The third-order valence-corrected chi connectivity index (χ3v) is 4.92. The van der Waals surface area contributed by atoms with Gasteiger partial charge in [-0.2, -0.15) is 0 Å². The molecule has 0 spiro atoms. The number of fused-ring (bicyclic) bond motifs is 1. The van der Waals surface area contributed by atoms with Gasteiger partial charge in [-0.15, -0.1) is 11.3 Å². The minimum absolute atomic E-state index is 0.187. The predicted octanol–water partition coefficient (Wildman–Crippen LogP) is 1.76. The van der Waals surface area contributed by atoms with Gasteiger partial charge in [0.15, 0.2) is 0 Å². The lowest BCUT2D eigenvalue weighted by molar-refractivity contribution is 0.102. The van der Waals surface area contributed by atoms with Gasteiger partial charge >= 0.3 is 0 Å². The van der Waals surface area contributed by atoms with Gasteiger partial charge in [-0.05, 0) is 34.0 Å². The minimum Gasteiger partial charge on any atom is -0.319 e. The summed E-state index contributed by atoms with van der Waals surface area (Å²) >= 11 is 1.34. The number of hydrogen-bond donors (Lipinski definition) is 1. The maximum absolute atomic E-state index is 12.9. The Morgan fingerprint density at radius 2 is 2.04 bits per heavy atom. The summed E-state index contributed by atoms with van der Waals surface area (Å²) in [5, 5.41) is 3.11. The lowest BCUT2D eigenvalue weighted by Gasteiger charge is -2.10.